The second-order valence-corrected chi connectivity index (χ2v) is 6.17. The molecular formula is C18H11F5N2O2. The van der Waals surface area contributed by atoms with E-state index in [4.69, 9.17) is 0 Å². The van der Waals surface area contributed by atoms with Crippen LogP contribution in [-0.2, 0) is 6.42 Å². The van der Waals surface area contributed by atoms with Crippen LogP contribution in [0.25, 0.3) is 10.9 Å². The van der Waals surface area contributed by atoms with Gasteiger partial charge in [-0.25, -0.2) is 18.0 Å². The van der Waals surface area contributed by atoms with Crippen molar-refractivity contribution in [1.82, 2.24) is 4.98 Å². The van der Waals surface area contributed by atoms with Crippen LogP contribution >= 0.6 is 0 Å². The Bertz CT molecular complexity index is 1080. The Balaban J connectivity index is 1.73. The summed E-state index contributed by atoms with van der Waals surface area (Å²) in [6.07, 6.45) is 0.743. The van der Waals surface area contributed by atoms with Crippen molar-refractivity contribution in [2.24, 2.45) is 0 Å². The second kappa shape index (κ2) is 5.97. The number of H-pyrrole nitrogens is 1. The number of halogens is 5. The highest BCUT2D eigenvalue weighted by Gasteiger charge is 2.29. The van der Waals surface area contributed by atoms with Crippen molar-refractivity contribution in [2.75, 3.05) is 18.5 Å². The van der Waals surface area contributed by atoms with Gasteiger partial charge in [0.05, 0.1) is 0 Å². The fraction of sp³-hybridized carbons (Fsp3) is 0.167. The Morgan fingerprint density at radius 1 is 1.04 bits per heavy atom. The largest absolute Gasteiger partial charge is 0.415 e. The average Bonchev–Trinajstić information content (AvgIpc) is 3.25. The first-order valence-corrected chi connectivity index (χ1v) is 7.89. The Morgan fingerprint density at radius 2 is 1.67 bits per heavy atom. The summed E-state index contributed by atoms with van der Waals surface area (Å²) >= 11 is 0. The number of carbonyl (C=O) groups excluding carboxylic acids is 1. The first kappa shape index (κ1) is 17.3. The van der Waals surface area contributed by atoms with Crippen molar-refractivity contribution < 1.29 is 31.5 Å². The van der Waals surface area contributed by atoms with Crippen molar-refractivity contribution in [2.45, 2.75) is 6.42 Å². The zero-order valence-corrected chi connectivity index (χ0v) is 13.8. The van der Waals surface area contributed by atoms with Crippen molar-refractivity contribution in [1.29, 1.82) is 0 Å². The molecule has 0 amide bonds. The maximum Gasteiger partial charge on any atom is 0.360 e. The van der Waals surface area contributed by atoms with E-state index in [1.807, 2.05) is 18.0 Å². The zero-order valence-electron chi connectivity index (χ0n) is 13.8. The number of likely N-dealkylation sites (N-methyl/N-ethyl adjacent to an activating group) is 1. The van der Waals surface area contributed by atoms with Gasteiger partial charge in [-0.2, -0.15) is 8.78 Å². The van der Waals surface area contributed by atoms with E-state index < -0.39 is 40.8 Å². The molecule has 0 radical (unpaired) electrons. The lowest BCUT2D eigenvalue weighted by molar-refractivity contribution is 0.0711. The summed E-state index contributed by atoms with van der Waals surface area (Å²) in [6.45, 7) is 0.796. The average molecular weight is 382 g/mol. The molecule has 0 unspecified atom stereocenters. The fourth-order valence-corrected chi connectivity index (χ4v) is 3.20. The van der Waals surface area contributed by atoms with E-state index >= 15 is 0 Å². The molecule has 0 saturated carbocycles. The van der Waals surface area contributed by atoms with E-state index in [2.05, 4.69) is 9.72 Å². The van der Waals surface area contributed by atoms with Crippen LogP contribution in [0.15, 0.2) is 18.2 Å². The number of fused-ring (bicyclic) bond motifs is 3. The van der Waals surface area contributed by atoms with Crippen LogP contribution in [0.5, 0.6) is 5.75 Å². The molecule has 140 valence electrons. The minimum absolute atomic E-state index is 0.170. The van der Waals surface area contributed by atoms with Crippen LogP contribution in [0.4, 0.5) is 27.6 Å². The number of aromatic nitrogens is 1. The van der Waals surface area contributed by atoms with Gasteiger partial charge in [-0.1, -0.05) is 0 Å². The number of carbonyl (C=O) groups is 1. The minimum Gasteiger partial charge on any atom is -0.415 e. The number of anilines is 1. The van der Waals surface area contributed by atoms with Gasteiger partial charge in [0, 0.05) is 30.2 Å². The number of hydrogen-bond donors (Lipinski definition) is 1. The van der Waals surface area contributed by atoms with Crippen molar-refractivity contribution >= 4 is 22.6 Å². The molecule has 4 nitrogen and oxygen atoms in total. The number of nitrogens with zero attached hydrogens (tertiary/aromatic N) is 1. The van der Waals surface area contributed by atoms with Crippen LogP contribution in [0, 0.1) is 29.1 Å². The predicted octanol–water partition coefficient (Wildman–Crippen LogP) is 4.07. The molecule has 2 heterocycles. The number of nitrogens with one attached hydrogen (secondary N) is 1. The van der Waals surface area contributed by atoms with E-state index in [9.17, 15) is 26.7 Å². The molecule has 1 aliphatic rings. The van der Waals surface area contributed by atoms with E-state index in [1.165, 1.54) is 6.07 Å². The summed E-state index contributed by atoms with van der Waals surface area (Å²) in [5.41, 5.74) is 2.40. The van der Waals surface area contributed by atoms with Crippen molar-refractivity contribution in [3.63, 3.8) is 0 Å². The molecule has 9 heteroatoms. The second-order valence-electron chi connectivity index (χ2n) is 6.17. The number of aromatic amines is 1. The molecule has 0 saturated heterocycles. The quantitative estimate of drug-likeness (QED) is 0.239. The lowest BCUT2D eigenvalue weighted by Crippen LogP contribution is -2.14. The maximum absolute atomic E-state index is 13.7. The molecular weight excluding hydrogens is 371 g/mol. The van der Waals surface area contributed by atoms with Gasteiger partial charge in [-0.3, -0.25) is 0 Å². The molecule has 1 aromatic heterocycles. The van der Waals surface area contributed by atoms with Gasteiger partial charge in [-0.15, -0.1) is 0 Å². The Labute approximate surface area is 149 Å². The third kappa shape index (κ3) is 2.53. The van der Waals surface area contributed by atoms with Crippen molar-refractivity contribution in [3.8, 4) is 5.75 Å². The zero-order chi connectivity index (χ0) is 19.5. The molecule has 0 atom stereocenters. The van der Waals surface area contributed by atoms with Crippen LogP contribution in [0.3, 0.4) is 0 Å². The third-order valence-electron chi connectivity index (χ3n) is 4.58. The number of hydrogen-bond acceptors (Lipinski definition) is 3. The summed E-state index contributed by atoms with van der Waals surface area (Å²) in [4.78, 5) is 17.0. The Morgan fingerprint density at radius 3 is 2.33 bits per heavy atom. The van der Waals surface area contributed by atoms with Gasteiger partial charge in [-0.05, 0) is 30.2 Å². The standard InChI is InChI=1S/C18H11F5N2O2/c1-25-5-4-7-8-6-10(24-9(8)2-3-11(7)25)18(26)27-17-15(22)13(20)12(19)14(21)16(17)23/h2-3,6,24H,4-5H2,1H3. The lowest BCUT2D eigenvalue weighted by Gasteiger charge is -2.11. The lowest BCUT2D eigenvalue weighted by atomic mass is 10.1. The fourth-order valence-electron chi connectivity index (χ4n) is 3.20. The summed E-state index contributed by atoms with van der Waals surface area (Å²) < 4.78 is 71.4. The highest BCUT2D eigenvalue weighted by molar-refractivity contribution is 5.98. The number of esters is 1. The Kier molecular flexibility index (Phi) is 3.83. The summed E-state index contributed by atoms with van der Waals surface area (Å²) in [7, 11) is 1.92. The molecule has 1 aliphatic heterocycles. The number of ether oxygens (including phenoxy) is 1. The highest BCUT2D eigenvalue weighted by Crippen LogP contribution is 2.34. The van der Waals surface area contributed by atoms with Crippen LogP contribution in [0.1, 0.15) is 16.1 Å². The van der Waals surface area contributed by atoms with Crippen LogP contribution < -0.4 is 9.64 Å². The SMILES string of the molecule is CN1CCc2c1ccc1[nH]c(C(=O)Oc3c(F)c(F)c(F)c(F)c3F)cc21. The summed E-state index contributed by atoms with van der Waals surface area (Å²) in [5, 5.41) is 0.723. The van der Waals surface area contributed by atoms with E-state index in [-0.39, 0.29) is 5.69 Å². The Hall–Kier alpha value is -3.10. The van der Waals surface area contributed by atoms with Gasteiger partial charge >= 0.3 is 5.97 Å². The van der Waals surface area contributed by atoms with E-state index in [0.717, 1.165) is 29.6 Å². The topological polar surface area (TPSA) is 45.3 Å². The van der Waals surface area contributed by atoms with Gasteiger partial charge in [0.15, 0.2) is 0 Å². The molecule has 2 aromatic carbocycles. The number of benzene rings is 2. The maximum atomic E-state index is 13.7. The summed E-state index contributed by atoms with van der Waals surface area (Å²) in [6, 6.07) is 5.02. The highest BCUT2D eigenvalue weighted by atomic mass is 19.2. The monoisotopic (exact) mass is 382 g/mol. The normalized spacial score (nSPS) is 13.3. The first-order valence-electron chi connectivity index (χ1n) is 7.89. The molecule has 27 heavy (non-hydrogen) atoms. The van der Waals surface area contributed by atoms with Crippen LogP contribution in [-0.4, -0.2) is 24.5 Å². The smallest absolute Gasteiger partial charge is 0.360 e. The molecule has 0 bridgehead atoms. The van der Waals surface area contributed by atoms with E-state index in [0.29, 0.717) is 5.52 Å². The predicted molar refractivity (Wildman–Crippen MR) is 86.5 cm³/mol. The molecule has 4 rings (SSSR count). The van der Waals surface area contributed by atoms with Gasteiger partial charge in [0.1, 0.15) is 5.69 Å². The molecule has 0 fully saturated rings. The molecule has 0 spiro atoms. The van der Waals surface area contributed by atoms with Gasteiger partial charge < -0.3 is 14.6 Å². The third-order valence-corrected chi connectivity index (χ3v) is 4.58. The van der Waals surface area contributed by atoms with Gasteiger partial charge in [0.25, 0.3) is 0 Å². The minimum atomic E-state index is -2.32. The van der Waals surface area contributed by atoms with Gasteiger partial charge in [0.2, 0.25) is 34.8 Å². The first-order chi connectivity index (χ1) is 12.8. The molecule has 0 aliphatic carbocycles. The summed E-state index contributed by atoms with van der Waals surface area (Å²) in [5.74, 6) is -14.0. The van der Waals surface area contributed by atoms with Crippen LogP contribution in [0.2, 0.25) is 0 Å². The molecule has 1 N–H and O–H groups in total. The number of rotatable bonds is 2. The molecule has 3 aromatic rings. The van der Waals surface area contributed by atoms with Crippen molar-refractivity contribution in [3.05, 3.63) is 58.5 Å². The van der Waals surface area contributed by atoms with E-state index in [1.54, 1.807) is 6.07 Å².